The van der Waals surface area contributed by atoms with Crippen molar-refractivity contribution < 1.29 is 9.13 Å². The van der Waals surface area contributed by atoms with E-state index in [1.165, 1.54) is 18.6 Å². The van der Waals surface area contributed by atoms with Crippen molar-refractivity contribution in [1.29, 1.82) is 0 Å². The number of para-hydroxylation sites is 2. The van der Waals surface area contributed by atoms with Gasteiger partial charge in [-0.2, -0.15) is 0 Å². The fraction of sp³-hybridized carbons (Fsp3) is 0.300. The zero-order valence-corrected chi connectivity index (χ0v) is 14.0. The lowest BCUT2D eigenvalue weighted by molar-refractivity contribution is 0.293. The molecule has 4 nitrogen and oxygen atoms in total. The number of hydrogen-bond donors (Lipinski definition) is 0. The lowest BCUT2D eigenvalue weighted by atomic mass is 10.1. The van der Waals surface area contributed by atoms with Crippen molar-refractivity contribution in [3.8, 4) is 5.88 Å². The van der Waals surface area contributed by atoms with Gasteiger partial charge in [0, 0.05) is 13.1 Å². The maximum absolute atomic E-state index is 13.1. The lowest BCUT2D eigenvalue weighted by Crippen LogP contribution is -2.30. The first-order valence-electron chi connectivity index (χ1n) is 8.68. The van der Waals surface area contributed by atoms with E-state index in [9.17, 15) is 4.39 Å². The molecule has 2 aromatic carbocycles. The third kappa shape index (κ3) is 3.55. The normalized spacial score (nSPS) is 14.7. The Morgan fingerprint density at radius 1 is 0.880 bits per heavy atom. The van der Waals surface area contributed by atoms with E-state index in [0.717, 1.165) is 48.3 Å². The van der Waals surface area contributed by atoms with E-state index in [-0.39, 0.29) is 5.82 Å². The number of hydrogen-bond acceptors (Lipinski definition) is 4. The summed E-state index contributed by atoms with van der Waals surface area (Å²) in [6.07, 6.45) is 3.57. The molecule has 1 fully saturated rings. The summed E-state index contributed by atoms with van der Waals surface area (Å²) < 4.78 is 19.0. The number of rotatable bonds is 4. The van der Waals surface area contributed by atoms with E-state index in [2.05, 4.69) is 9.88 Å². The second-order valence-electron chi connectivity index (χ2n) is 6.30. The van der Waals surface area contributed by atoms with Crippen LogP contribution in [0.4, 0.5) is 10.2 Å². The minimum atomic E-state index is -0.247. The van der Waals surface area contributed by atoms with Gasteiger partial charge in [-0.05, 0) is 49.1 Å². The Bertz CT molecular complexity index is 860. The maximum Gasteiger partial charge on any atom is 0.258 e. The van der Waals surface area contributed by atoms with Crippen LogP contribution in [0.25, 0.3) is 11.0 Å². The zero-order chi connectivity index (χ0) is 17.1. The van der Waals surface area contributed by atoms with E-state index in [1.54, 1.807) is 12.1 Å². The molecular formula is C20H20FN3O. The van der Waals surface area contributed by atoms with Crippen molar-refractivity contribution in [3.63, 3.8) is 0 Å². The van der Waals surface area contributed by atoms with Crippen molar-refractivity contribution >= 4 is 16.9 Å². The number of halogens is 1. The monoisotopic (exact) mass is 337 g/mol. The number of nitrogens with zero attached hydrogens (tertiary/aromatic N) is 3. The molecule has 1 saturated heterocycles. The molecule has 128 valence electrons. The van der Waals surface area contributed by atoms with Crippen LogP contribution in [0.15, 0.2) is 48.5 Å². The molecule has 1 aromatic heterocycles. The lowest BCUT2D eigenvalue weighted by Gasteiger charge is -2.28. The molecule has 0 N–H and O–H groups in total. The van der Waals surface area contributed by atoms with Gasteiger partial charge >= 0.3 is 0 Å². The molecule has 0 unspecified atom stereocenters. The molecule has 0 bridgehead atoms. The van der Waals surface area contributed by atoms with Crippen LogP contribution >= 0.6 is 0 Å². The first-order chi connectivity index (χ1) is 12.3. The predicted octanol–water partition coefficient (Wildman–Crippen LogP) is 4.34. The molecule has 1 aliphatic heterocycles. The Balaban J connectivity index is 1.65. The maximum atomic E-state index is 13.1. The van der Waals surface area contributed by atoms with Crippen molar-refractivity contribution in [2.45, 2.75) is 25.9 Å². The summed E-state index contributed by atoms with van der Waals surface area (Å²) in [5, 5.41) is 0. The Hall–Kier alpha value is -2.69. The highest BCUT2D eigenvalue weighted by Gasteiger charge is 2.19. The minimum Gasteiger partial charge on any atom is -0.470 e. The Labute approximate surface area is 146 Å². The van der Waals surface area contributed by atoms with Crippen LogP contribution in [0.5, 0.6) is 5.88 Å². The second kappa shape index (κ2) is 7.05. The molecule has 2 heterocycles. The number of fused-ring (bicyclic) bond motifs is 1. The Kier molecular flexibility index (Phi) is 4.46. The molecule has 0 amide bonds. The van der Waals surface area contributed by atoms with Crippen molar-refractivity contribution in [1.82, 2.24) is 9.97 Å². The summed E-state index contributed by atoms with van der Waals surface area (Å²) in [6, 6.07) is 14.2. The third-order valence-electron chi connectivity index (χ3n) is 4.47. The van der Waals surface area contributed by atoms with Gasteiger partial charge in [-0.3, -0.25) is 0 Å². The van der Waals surface area contributed by atoms with Crippen LogP contribution in [0.1, 0.15) is 24.8 Å². The molecule has 0 atom stereocenters. The van der Waals surface area contributed by atoms with Gasteiger partial charge in [-0.1, -0.05) is 24.3 Å². The number of ether oxygens (including phenoxy) is 1. The van der Waals surface area contributed by atoms with Crippen molar-refractivity contribution in [3.05, 3.63) is 59.9 Å². The molecule has 5 heteroatoms. The van der Waals surface area contributed by atoms with Gasteiger partial charge in [0.2, 0.25) is 0 Å². The molecular weight excluding hydrogens is 317 g/mol. The third-order valence-corrected chi connectivity index (χ3v) is 4.47. The van der Waals surface area contributed by atoms with E-state index in [4.69, 9.17) is 9.72 Å². The largest absolute Gasteiger partial charge is 0.470 e. The number of benzene rings is 2. The molecule has 4 rings (SSSR count). The minimum absolute atomic E-state index is 0.247. The summed E-state index contributed by atoms with van der Waals surface area (Å²) in [5.41, 5.74) is 2.59. The number of aromatic nitrogens is 2. The van der Waals surface area contributed by atoms with Crippen molar-refractivity contribution in [2.75, 3.05) is 18.0 Å². The van der Waals surface area contributed by atoms with Gasteiger partial charge in [-0.25, -0.2) is 14.4 Å². The Morgan fingerprint density at radius 3 is 2.28 bits per heavy atom. The predicted molar refractivity (Wildman–Crippen MR) is 96.3 cm³/mol. The second-order valence-corrected chi connectivity index (χ2v) is 6.30. The first kappa shape index (κ1) is 15.8. The van der Waals surface area contributed by atoms with Gasteiger partial charge in [0.15, 0.2) is 5.82 Å². The summed E-state index contributed by atoms with van der Waals surface area (Å²) in [6.45, 7) is 2.29. The number of piperidine rings is 1. The molecule has 0 spiro atoms. The van der Waals surface area contributed by atoms with E-state index in [1.807, 2.05) is 24.3 Å². The van der Waals surface area contributed by atoms with Crippen LogP contribution in [-0.2, 0) is 6.61 Å². The highest BCUT2D eigenvalue weighted by molar-refractivity contribution is 5.77. The summed E-state index contributed by atoms with van der Waals surface area (Å²) >= 11 is 0. The van der Waals surface area contributed by atoms with Gasteiger partial charge in [0.05, 0.1) is 11.0 Å². The van der Waals surface area contributed by atoms with E-state index in [0.29, 0.717) is 12.5 Å². The topological polar surface area (TPSA) is 38.3 Å². The number of anilines is 1. The van der Waals surface area contributed by atoms with Crippen LogP contribution in [0, 0.1) is 5.82 Å². The fourth-order valence-electron chi connectivity index (χ4n) is 3.12. The highest BCUT2D eigenvalue weighted by atomic mass is 19.1. The van der Waals surface area contributed by atoms with Gasteiger partial charge in [-0.15, -0.1) is 0 Å². The van der Waals surface area contributed by atoms with Crippen LogP contribution in [0.3, 0.4) is 0 Å². The average Bonchev–Trinajstić information content (AvgIpc) is 2.67. The van der Waals surface area contributed by atoms with Gasteiger partial charge < -0.3 is 9.64 Å². The molecule has 0 radical (unpaired) electrons. The van der Waals surface area contributed by atoms with E-state index >= 15 is 0 Å². The van der Waals surface area contributed by atoms with E-state index < -0.39 is 0 Å². The van der Waals surface area contributed by atoms with Crippen LogP contribution in [0.2, 0.25) is 0 Å². The van der Waals surface area contributed by atoms with Crippen LogP contribution in [-0.4, -0.2) is 23.1 Å². The van der Waals surface area contributed by atoms with Crippen LogP contribution < -0.4 is 9.64 Å². The molecule has 0 aliphatic carbocycles. The van der Waals surface area contributed by atoms with Gasteiger partial charge in [0.25, 0.3) is 5.88 Å². The highest BCUT2D eigenvalue weighted by Crippen LogP contribution is 2.29. The zero-order valence-electron chi connectivity index (χ0n) is 14.0. The summed E-state index contributed by atoms with van der Waals surface area (Å²) in [4.78, 5) is 11.7. The first-order valence-corrected chi connectivity index (χ1v) is 8.68. The smallest absolute Gasteiger partial charge is 0.258 e. The quantitative estimate of drug-likeness (QED) is 0.710. The van der Waals surface area contributed by atoms with Gasteiger partial charge in [0.1, 0.15) is 12.4 Å². The summed E-state index contributed by atoms with van der Waals surface area (Å²) in [7, 11) is 0. The molecule has 3 aromatic rings. The standard InChI is InChI=1S/C20H20FN3O/c21-16-10-8-15(9-11-16)14-25-20-19(24-12-4-1-5-13-24)22-17-6-2-3-7-18(17)23-20/h2-3,6-11H,1,4-5,12-14H2. The molecule has 25 heavy (non-hydrogen) atoms. The molecule has 1 aliphatic rings. The fourth-order valence-corrected chi connectivity index (χ4v) is 3.12. The SMILES string of the molecule is Fc1ccc(COc2nc3ccccc3nc2N2CCCCC2)cc1. The Morgan fingerprint density at radius 2 is 1.56 bits per heavy atom. The molecule has 0 saturated carbocycles. The average molecular weight is 337 g/mol. The van der Waals surface area contributed by atoms with Crippen molar-refractivity contribution in [2.24, 2.45) is 0 Å². The summed E-state index contributed by atoms with van der Waals surface area (Å²) in [5.74, 6) is 1.11.